The molecule has 0 radical (unpaired) electrons. The minimum atomic E-state index is -0.805. The van der Waals surface area contributed by atoms with Gasteiger partial charge in [0, 0.05) is 6.54 Å². The van der Waals surface area contributed by atoms with Gasteiger partial charge in [-0.25, -0.2) is 4.79 Å². The molecule has 2 aliphatic heterocycles. The van der Waals surface area contributed by atoms with Crippen LogP contribution < -0.4 is 0 Å². The summed E-state index contributed by atoms with van der Waals surface area (Å²) in [5.74, 6) is -0.805. The summed E-state index contributed by atoms with van der Waals surface area (Å²) >= 11 is 0. The standard InChI is InChI=1S/C13H23NO3/c15-13(16)12-7-6-11(17-12)10-14-8-4-2-1-3-5-9-14/h11-12H,1-10H2,(H,15,16). The van der Waals surface area contributed by atoms with Gasteiger partial charge < -0.3 is 14.7 Å². The molecular weight excluding hydrogens is 218 g/mol. The highest BCUT2D eigenvalue weighted by Crippen LogP contribution is 2.21. The van der Waals surface area contributed by atoms with E-state index in [9.17, 15) is 4.79 Å². The molecule has 0 aromatic carbocycles. The van der Waals surface area contributed by atoms with Crippen LogP contribution in [0.2, 0.25) is 0 Å². The minimum absolute atomic E-state index is 0.135. The summed E-state index contributed by atoms with van der Waals surface area (Å²) in [6.45, 7) is 3.22. The Hall–Kier alpha value is -0.610. The lowest BCUT2D eigenvalue weighted by Gasteiger charge is -2.27. The Morgan fingerprint density at radius 2 is 1.76 bits per heavy atom. The maximum Gasteiger partial charge on any atom is 0.332 e. The van der Waals surface area contributed by atoms with Crippen molar-refractivity contribution in [1.82, 2.24) is 4.90 Å². The van der Waals surface area contributed by atoms with E-state index in [0.717, 1.165) is 26.1 Å². The fraction of sp³-hybridized carbons (Fsp3) is 0.923. The Morgan fingerprint density at radius 3 is 2.35 bits per heavy atom. The molecule has 17 heavy (non-hydrogen) atoms. The molecule has 2 atom stereocenters. The Balaban J connectivity index is 1.74. The number of likely N-dealkylation sites (tertiary alicyclic amines) is 1. The van der Waals surface area contributed by atoms with E-state index in [0.29, 0.717) is 6.42 Å². The van der Waals surface area contributed by atoms with Crippen LogP contribution in [0.1, 0.15) is 44.9 Å². The topological polar surface area (TPSA) is 49.8 Å². The predicted molar refractivity (Wildman–Crippen MR) is 65.1 cm³/mol. The molecule has 0 aromatic heterocycles. The average Bonchev–Trinajstić information content (AvgIpc) is 2.70. The molecule has 98 valence electrons. The monoisotopic (exact) mass is 241 g/mol. The molecule has 2 fully saturated rings. The van der Waals surface area contributed by atoms with Gasteiger partial charge in [-0.2, -0.15) is 0 Å². The first kappa shape index (κ1) is 12.8. The number of nitrogens with zero attached hydrogens (tertiary/aromatic N) is 1. The molecule has 0 spiro atoms. The van der Waals surface area contributed by atoms with Gasteiger partial charge in [-0.05, 0) is 38.8 Å². The van der Waals surface area contributed by atoms with Gasteiger partial charge >= 0.3 is 5.97 Å². The molecule has 2 aliphatic rings. The van der Waals surface area contributed by atoms with Crippen LogP contribution in [0.15, 0.2) is 0 Å². The quantitative estimate of drug-likeness (QED) is 0.819. The summed E-state index contributed by atoms with van der Waals surface area (Å²) in [6, 6.07) is 0. The van der Waals surface area contributed by atoms with Gasteiger partial charge in [0.05, 0.1) is 6.10 Å². The van der Waals surface area contributed by atoms with Crippen LogP contribution in [-0.2, 0) is 9.53 Å². The lowest BCUT2D eigenvalue weighted by atomic mass is 10.1. The Morgan fingerprint density at radius 1 is 1.12 bits per heavy atom. The van der Waals surface area contributed by atoms with Gasteiger partial charge in [-0.1, -0.05) is 19.3 Å². The van der Waals surface area contributed by atoms with Crippen molar-refractivity contribution in [2.75, 3.05) is 19.6 Å². The van der Waals surface area contributed by atoms with Crippen LogP contribution in [-0.4, -0.2) is 47.8 Å². The number of carbonyl (C=O) groups is 1. The summed E-state index contributed by atoms with van der Waals surface area (Å²) in [7, 11) is 0. The predicted octanol–water partition coefficient (Wildman–Crippen LogP) is 1.88. The van der Waals surface area contributed by atoms with Crippen LogP contribution in [0.5, 0.6) is 0 Å². The van der Waals surface area contributed by atoms with Crippen molar-refractivity contribution < 1.29 is 14.6 Å². The van der Waals surface area contributed by atoms with E-state index in [1.54, 1.807) is 0 Å². The third kappa shape index (κ3) is 3.96. The summed E-state index contributed by atoms with van der Waals surface area (Å²) < 4.78 is 5.56. The van der Waals surface area contributed by atoms with E-state index in [1.807, 2.05) is 0 Å². The Bertz CT molecular complexity index is 249. The van der Waals surface area contributed by atoms with Crippen LogP contribution in [0.3, 0.4) is 0 Å². The fourth-order valence-corrected chi connectivity index (χ4v) is 2.81. The molecule has 0 amide bonds. The van der Waals surface area contributed by atoms with Crippen molar-refractivity contribution in [3.05, 3.63) is 0 Å². The average molecular weight is 241 g/mol. The maximum atomic E-state index is 10.8. The second kappa shape index (κ2) is 6.36. The lowest BCUT2D eigenvalue weighted by Crippen LogP contribution is -2.35. The van der Waals surface area contributed by atoms with E-state index in [2.05, 4.69) is 4.90 Å². The maximum absolute atomic E-state index is 10.8. The molecule has 2 unspecified atom stereocenters. The van der Waals surface area contributed by atoms with Crippen LogP contribution >= 0.6 is 0 Å². The number of ether oxygens (including phenoxy) is 1. The van der Waals surface area contributed by atoms with Gasteiger partial charge in [0.1, 0.15) is 0 Å². The highest BCUT2D eigenvalue weighted by atomic mass is 16.5. The SMILES string of the molecule is O=C(O)C1CCC(CN2CCCCCCC2)O1. The molecule has 4 nitrogen and oxygen atoms in total. The van der Waals surface area contributed by atoms with Crippen LogP contribution in [0.25, 0.3) is 0 Å². The minimum Gasteiger partial charge on any atom is -0.479 e. The van der Waals surface area contributed by atoms with E-state index in [4.69, 9.17) is 9.84 Å². The number of hydrogen-bond acceptors (Lipinski definition) is 3. The number of carboxylic acids is 1. The first-order valence-corrected chi connectivity index (χ1v) is 6.86. The van der Waals surface area contributed by atoms with Gasteiger partial charge in [0.15, 0.2) is 6.10 Å². The number of aliphatic carboxylic acids is 1. The van der Waals surface area contributed by atoms with Gasteiger partial charge in [-0.15, -0.1) is 0 Å². The smallest absolute Gasteiger partial charge is 0.332 e. The van der Waals surface area contributed by atoms with Gasteiger partial charge in [0.2, 0.25) is 0 Å². The van der Waals surface area contributed by atoms with Crippen molar-refractivity contribution in [2.45, 2.75) is 57.2 Å². The molecule has 0 aromatic rings. The second-order valence-corrected chi connectivity index (χ2v) is 5.23. The zero-order valence-electron chi connectivity index (χ0n) is 10.4. The Labute approximate surface area is 103 Å². The molecule has 0 saturated carbocycles. The summed E-state index contributed by atoms with van der Waals surface area (Å²) in [5, 5.41) is 8.88. The zero-order valence-corrected chi connectivity index (χ0v) is 10.4. The number of hydrogen-bond donors (Lipinski definition) is 1. The fourth-order valence-electron chi connectivity index (χ4n) is 2.81. The zero-order chi connectivity index (χ0) is 12.1. The van der Waals surface area contributed by atoms with Crippen molar-refractivity contribution in [3.63, 3.8) is 0 Å². The number of carboxylic acid groups (broad SMARTS) is 1. The number of rotatable bonds is 3. The molecule has 2 heterocycles. The van der Waals surface area contributed by atoms with Gasteiger partial charge in [0.25, 0.3) is 0 Å². The molecule has 0 bridgehead atoms. The van der Waals surface area contributed by atoms with Crippen LogP contribution in [0.4, 0.5) is 0 Å². The van der Waals surface area contributed by atoms with Gasteiger partial charge in [-0.3, -0.25) is 0 Å². The summed E-state index contributed by atoms with van der Waals surface area (Å²) in [5.41, 5.74) is 0. The molecular formula is C13H23NO3. The van der Waals surface area contributed by atoms with Crippen molar-refractivity contribution in [2.24, 2.45) is 0 Å². The van der Waals surface area contributed by atoms with Crippen molar-refractivity contribution in [1.29, 1.82) is 0 Å². The first-order valence-electron chi connectivity index (χ1n) is 6.86. The van der Waals surface area contributed by atoms with E-state index >= 15 is 0 Å². The first-order chi connectivity index (χ1) is 8.25. The molecule has 2 rings (SSSR count). The largest absolute Gasteiger partial charge is 0.479 e. The normalized spacial score (nSPS) is 32.0. The van der Waals surface area contributed by atoms with Crippen LogP contribution in [0, 0.1) is 0 Å². The second-order valence-electron chi connectivity index (χ2n) is 5.23. The Kier molecular flexibility index (Phi) is 4.80. The molecule has 1 N–H and O–H groups in total. The van der Waals surface area contributed by atoms with E-state index < -0.39 is 12.1 Å². The van der Waals surface area contributed by atoms with Crippen molar-refractivity contribution in [3.8, 4) is 0 Å². The molecule has 2 saturated heterocycles. The molecule has 0 aliphatic carbocycles. The summed E-state index contributed by atoms with van der Waals surface area (Å²) in [4.78, 5) is 13.3. The third-order valence-electron chi connectivity index (χ3n) is 3.79. The van der Waals surface area contributed by atoms with E-state index in [1.165, 1.54) is 32.1 Å². The molecule has 4 heteroatoms. The lowest BCUT2D eigenvalue weighted by molar-refractivity contribution is -0.149. The summed E-state index contributed by atoms with van der Waals surface area (Å²) in [6.07, 6.45) is 7.73. The van der Waals surface area contributed by atoms with E-state index in [-0.39, 0.29) is 6.10 Å². The van der Waals surface area contributed by atoms with Crippen molar-refractivity contribution >= 4 is 5.97 Å². The highest BCUT2D eigenvalue weighted by Gasteiger charge is 2.31. The highest BCUT2D eigenvalue weighted by molar-refractivity contribution is 5.72. The third-order valence-corrected chi connectivity index (χ3v) is 3.79.